The van der Waals surface area contributed by atoms with Crippen molar-refractivity contribution in [3.05, 3.63) is 47.1 Å². The third-order valence-corrected chi connectivity index (χ3v) is 3.27. The minimum atomic E-state index is 0. The third-order valence-electron chi connectivity index (χ3n) is 2.97. The average Bonchev–Trinajstić information content (AvgIpc) is 2.54. The van der Waals surface area contributed by atoms with Gasteiger partial charge in [-0.05, 0) is 31.2 Å². The standard InChI is InChI=1S/C16H19ClN4O2.HI/c1-3-23-15-11(5-4-8-19-15)10-20-16(18)21-12-6-7-14(22-2)13(17)9-12;/h4-9H,3,10H2,1-2H3,(H3,18,20,21);1H. The molecule has 3 N–H and O–H groups in total. The number of ether oxygens (including phenoxy) is 2. The summed E-state index contributed by atoms with van der Waals surface area (Å²) < 4.78 is 10.6. The van der Waals surface area contributed by atoms with Crippen LogP contribution in [0.2, 0.25) is 5.02 Å². The topological polar surface area (TPSA) is 81.8 Å². The number of pyridine rings is 1. The lowest BCUT2D eigenvalue weighted by Crippen LogP contribution is -2.22. The molecule has 0 saturated carbocycles. The normalized spacial score (nSPS) is 10.7. The molecule has 0 fully saturated rings. The Hall–Kier alpha value is -1.74. The first kappa shape index (κ1) is 20.3. The quantitative estimate of drug-likeness (QED) is 0.389. The van der Waals surface area contributed by atoms with Crippen LogP contribution in [0.4, 0.5) is 5.69 Å². The maximum absolute atomic E-state index is 6.07. The summed E-state index contributed by atoms with van der Waals surface area (Å²) in [7, 11) is 1.56. The summed E-state index contributed by atoms with van der Waals surface area (Å²) in [5, 5.41) is 3.48. The summed E-state index contributed by atoms with van der Waals surface area (Å²) in [4.78, 5) is 8.47. The van der Waals surface area contributed by atoms with Crippen molar-refractivity contribution in [1.82, 2.24) is 4.98 Å². The predicted octanol–water partition coefficient (Wildman–Crippen LogP) is 3.69. The number of rotatable bonds is 6. The number of methoxy groups -OCH3 is 1. The number of aromatic nitrogens is 1. The second kappa shape index (κ2) is 10.2. The van der Waals surface area contributed by atoms with Gasteiger partial charge in [0.15, 0.2) is 5.96 Å². The number of nitrogens with zero attached hydrogens (tertiary/aromatic N) is 2. The van der Waals surface area contributed by atoms with Crippen LogP contribution < -0.4 is 20.5 Å². The lowest BCUT2D eigenvalue weighted by Gasteiger charge is -2.09. The van der Waals surface area contributed by atoms with E-state index in [4.69, 9.17) is 26.8 Å². The molecule has 0 atom stereocenters. The van der Waals surface area contributed by atoms with Gasteiger partial charge in [0, 0.05) is 17.4 Å². The molecule has 2 aromatic rings. The lowest BCUT2D eigenvalue weighted by atomic mass is 10.3. The molecule has 0 aliphatic heterocycles. The van der Waals surface area contributed by atoms with E-state index in [1.807, 2.05) is 25.1 Å². The van der Waals surface area contributed by atoms with Crippen molar-refractivity contribution >= 4 is 47.2 Å². The minimum Gasteiger partial charge on any atom is -0.495 e. The number of aliphatic imine (C=N–C) groups is 1. The summed E-state index contributed by atoms with van der Waals surface area (Å²) in [5.74, 6) is 1.45. The summed E-state index contributed by atoms with van der Waals surface area (Å²) in [6, 6.07) is 9.02. The molecule has 0 amide bonds. The van der Waals surface area contributed by atoms with Crippen LogP contribution in [0, 0.1) is 0 Å². The van der Waals surface area contributed by atoms with Crippen LogP contribution in [0.5, 0.6) is 11.6 Å². The Morgan fingerprint density at radius 2 is 2.17 bits per heavy atom. The molecule has 0 spiro atoms. The van der Waals surface area contributed by atoms with Crippen LogP contribution in [-0.4, -0.2) is 24.7 Å². The molecule has 1 heterocycles. The van der Waals surface area contributed by atoms with Crippen LogP contribution in [0.25, 0.3) is 0 Å². The van der Waals surface area contributed by atoms with Crippen molar-refractivity contribution in [3.8, 4) is 11.6 Å². The fraction of sp³-hybridized carbons (Fsp3) is 0.250. The largest absolute Gasteiger partial charge is 0.495 e. The van der Waals surface area contributed by atoms with Gasteiger partial charge in [-0.25, -0.2) is 9.98 Å². The van der Waals surface area contributed by atoms with Gasteiger partial charge in [0.2, 0.25) is 5.88 Å². The highest BCUT2D eigenvalue weighted by molar-refractivity contribution is 14.0. The molecular formula is C16H20ClIN4O2. The lowest BCUT2D eigenvalue weighted by molar-refractivity contribution is 0.323. The number of hydrogen-bond acceptors (Lipinski definition) is 4. The zero-order valence-corrected chi connectivity index (χ0v) is 16.5. The van der Waals surface area contributed by atoms with Crippen LogP contribution in [0.15, 0.2) is 41.5 Å². The molecule has 0 saturated heterocycles. The van der Waals surface area contributed by atoms with Crippen molar-refractivity contribution < 1.29 is 9.47 Å². The van der Waals surface area contributed by atoms with E-state index >= 15 is 0 Å². The molecule has 24 heavy (non-hydrogen) atoms. The maximum Gasteiger partial charge on any atom is 0.218 e. The number of benzene rings is 1. The Balaban J connectivity index is 0.00000288. The highest BCUT2D eigenvalue weighted by Gasteiger charge is 2.05. The molecule has 130 valence electrons. The molecule has 1 aromatic carbocycles. The zero-order chi connectivity index (χ0) is 16.7. The van der Waals surface area contributed by atoms with Gasteiger partial charge < -0.3 is 20.5 Å². The maximum atomic E-state index is 6.07. The predicted molar refractivity (Wildman–Crippen MR) is 108 cm³/mol. The highest BCUT2D eigenvalue weighted by atomic mass is 127. The van der Waals surface area contributed by atoms with Gasteiger partial charge in [0.1, 0.15) is 5.75 Å². The molecule has 0 aliphatic rings. The number of nitrogens with one attached hydrogen (secondary N) is 1. The third kappa shape index (κ3) is 5.72. The molecule has 1 aromatic heterocycles. The Morgan fingerprint density at radius 3 is 2.83 bits per heavy atom. The SMILES string of the molecule is CCOc1ncccc1CN=C(N)Nc1ccc(OC)c(Cl)c1.I. The fourth-order valence-electron chi connectivity index (χ4n) is 1.91. The number of hydrogen-bond donors (Lipinski definition) is 2. The highest BCUT2D eigenvalue weighted by Crippen LogP contribution is 2.27. The van der Waals surface area contributed by atoms with Gasteiger partial charge in [-0.2, -0.15) is 0 Å². The minimum absolute atomic E-state index is 0. The van der Waals surface area contributed by atoms with Crippen LogP contribution in [0.1, 0.15) is 12.5 Å². The number of guanidine groups is 1. The number of nitrogens with two attached hydrogens (primary N) is 1. The van der Waals surface area contributed by atoms with Gasteiger partial charge in [-0.1, -0.05) is 17.7 Å². The Labute approximate surface area is 163 Å². The molecule has 0 aliphatic carbocycles. The first-order valence-corrected chi connectivity index (χ1v) is 7.49. The van der Waals surface area contributed by atoms with Crippen molar-refractivity contribution in [2.45, 2.75) is 13.5 Å². The van der Waals surface area contributed by atoms with Gasteiger partial charge in [0.25, 0.3) is 0 Å². The molecule has 0 radical (unpaired) electrons. The van der Waals surface area contributed by atoms with E-state index in [0.29, 0.717) is 29.8 Å². The Kier molecular flexibility index (Phi) is 8.62. The summed E-state index contributed by atoms with van der Waals surface area (Å²) in [6.07, 6.45) is 1.68. The van der Waals surface area contributed by atoms with E-state index < -0.39 is 0 Å². The van der Waals surface area contributed by atoms with Gasteiger partial charge >= 0.3 is 0 Å². The smallest absolute Gasteiger partial charge is 0.218 e. The monoisotopic (exact) mass is 462 g/mol. The van der Waals surface area contributed by atoms with Gasteiger partial charge in [0.05, 0.1) is 25.3 Å². The molecule has 2 rings (SSSR count). The molecule has 6 nitrogen and oxygen atoms in total. The first-order chi connectivity index (χ1) is 11.1. The Morgan fingerprint density at radius 1 is 1.38 bits per heavy atom. The summed E-state index contributed by atoms with van der Waals surface area (Å²) >= 11 is 6.07. The van der Waals surface area contributed by atoms with Gasteiger partial charge in [-0.15, -0.1) is 24.0 Å². The van der Waals surface area contributed by atoms with Crippen LogP contribution >= 0.6 is 35.6 Å². The van der Waals surface area contributed by atoms with Crippen molar-refractivity contribution in [3.63, 3.8) is 0 Å². The van der Waals surface area contributed by atoms with Crippen molar-refractivity contribution in [2.24, 2.45) is 10.7 Å². The van der Waals surface area contributed by atoms with Gasteiger partial charge in [-0.3, -0.25) is 0 Å². The molecular weight excluding hydrogens is 443 g/mol. The number of halogens is 2. The van der Waals surface area contributed by atoms with E-state index in [1.54, 1.807) is 25.4 Å². The number of anilines is 1. The van der Waals surface area contributed by atoms with E-state index in [0.717, 1.165) is 11.3 Å². The second-order valence-electron chi connectivity index (χ2n) is 4.58. The van der Waals surface area contributed by atoms with Crippen LogP contribution in [0.3, 0.4) is 0 Å². The first-order valence-electron chi connectivity index (χ1n) is 7.11. The van der Waals surface area contributed by atoms with E-state index in [2.05, 4.69) is 15.3 Å². The Bertz CT molecular complexity index is 698. The van der Waals surface area contributed by atoms with E-state index in [1.165, 1.54) is 0 Å². The molecule has 0 unspecified atom stereocenters. The average molecular weight is 463 g/mol. The van der Waals surface area contributed by atoms with E-state index in [-0.39, 0.29) is 29.9 Å². The fourth-order valence-corrected chi connectivity index (χ4v) is 2.17. The van der Waals surface area contributed by atoms with Crippen molar-refractivity contribution in [2.75, 3.05) is 19.0 Å². The molecule has 8 heteroatoms. The summed E-state index contributed by atoms with van der Waals surface area (Å²) in [6.45, 7) is 2.82. The second-order valence-corrected chi connectivity index (χ2v) is 4.98. The summed E-state index contributed by atoms with van der Waals surface area (Å²) in [5.41, 5.74) is 7.50. The molecule has 0 bridgehead atoms. The zero-order valence-electron chi connectivity index (χ0n) is 13.5. The van der Waals surface area contributed by atoms with E-state index in [9.17, 15) is 0 Å². The van der Waals surface area contributed by atoms with Crippen molar-refractivity contribution in [1.29, 1.82) is 0 Å². The van der Waals surface area contributed by atoms with Crippen LogP contribution in [-0.2, 0) is 6.54 Å².